The second-order valence-corrected chi connectivity index (χ2v) is 17.0. The van der Waals surface area contributed by atoms with Gasteiger partial charge >= 0.3 is 220 Å². The topological polar surface area (TPSA) is 83.1 Å². The zero-order valence-electron chi connectivity index (χ0n) is 28.5. The van der Waals surface area contributed by atoms with Gasteiger partial charge in [-0.2, -0.15) is 0 Å². The summed E-state index contributed by atoms with van der Waals surface area (Å²) in [4.78, 5) is 26.4. The van der Waals surface area contributed by atoms with Crippen molar-refractivity contribution in [3.8, 4) is 0 Å². The number of nitrogens with one attached hydrogen (secondary N) is 1. The van der Waals surface area contributed by atoms with E-state index in [0.29, 0.717) is 6.54 Å². The van der Waals surface area contributed by atoms with E-state index in [9.17, 15) is 9.59 Å². The van der Waals surface area contributed by atoms with Crippen LogP contribution in [0.1, 0.15) is 149 Å². The van der Waals surface area contributed by atoms with Gasteiger partial charge in [0.2, 0.25) is 0 Å². The molecule has 2 aliphatic rings. The van der Waals surface area contributed by atoms with E-state index >= 15 is 0 Å². The van der Waals surface area contributed by atoms with E-state index in [4.69, 9.17) is 18.1 Å². The summed E-state index contributed by atoms with van der Waals surface area (Å²) in [5.41, 5.74) is -1.85. The summed E-state index contributed by atoms with van der Waals surface area (Å²) in [6.45, 7) is 9.44. The van der Waals surface area contributed by atoms with Crippen molar-refractivity contribution in [1.82, 2.24) is 5.32 Å². The Hall–Kier alpha value is -2.05. The fourth-order valence-corrected chi connectivity index (χ4v) is 11.2. The number of rotatable bonds is 20. The van der Waals surface area contributed by atoms with Crippen LogP contribution in [0.2, 0.25) is 0 Å². The van der Waals surface area contributed by atoms with Gasteiger partial charge in [0.1, 0.15) is 0 Å². The molecule has 0 saturated carbocycles. The van der Waals surface area contributed by atoms with E-state index in [1.165, 1.54) is 89.9 Å². The first-order valence-electron chi connectivity index (χ1n) is 17.7. The zero-order valence-corrected chi connectivity index (χ0v) is 29.4. The summed E-state index contributed by atoms with van der Waals surface area (Å²) in [5, 5.41) is 5.59. The molecule has 0 aromatic heterocycles. The third-order valence-electron chi connectivity index (χ3n) is 9.17. The molecule has 8 heteroatoms. The zero-order chi connectivity index (χ0) is 32.4. The second-order valence-electron chi connectivity index (χ2n) is 14.1. The molecule has 252 valence electrons. The van der Waals surface area contributed by atoms with Crippen LogP contribution in [0, 0.1) is 0 Å². The van der Waals surface area contributed by atoms with Crippen LogP contribution in [0.3, 0.4) is 0 Å². The second kappa shape index (κ2) is 15.7. The van der Waals surface area contributed by atoms with Gasteiger partial charge in [-0.25, -0.2) is 0 Å². The molecule has 0 radical (unpaired) electrons. The minimum absolute atomic E-state index is 0.597. The minimum atomic E-state index is -4.84. The van der Waals surface area contributed by atoms with Crippen LogP contribution in [0.5, 0.6) is 0 Å². The van der Waals surface area contributed by atoms with Crippen molar-refractivity contribution in [3.05, 3.63) is 48.0 Å². The van der Waals surface area contributed by atoms with Crippen molar-refractivity contribution in [2.75, 3.05) is 6.54 Å². The molecule has 2 saturated heterocycles. The molecule has 1 atom stereocenters. The van der Waals surface area contributed by atoms with Gasteiger partial charge in [0.15, 0.2) is 0 Å². The number of hydrogen-bond donors (Lipinski definition) is 1. The first-order valence-corrected chi connectivity index (χ1v) is 19.6. The van der Waals surface area contributed by atoms with Crippen LogP contribution in [0.25, 0.3) is 10.8 Å². The number of unbranched alkanes of at least 4 members (excludes halogenated alkanes) is 15. The monoisotopic (exact) mass is 643 g/mol. The number of carbonyl (C=O) groups is 2. The van der Waals surface area contributed by atoms with Crippen molar-refractivity contribution in [2.24, 2.45) is 0 Å². The van der Waals surface area contributed by atoms with E-state index in [0.717, 1.165) is 29.2 Å². The Kier molecular flexibility index (Phi) is 12.5. The first-order chi connectivity index (χ1) is 21.5. The Morgan fingerprint density at radius 2 is 1.07 bits per heavy atom. The molecule has 45 heavy (non-hydrogen) atoms. The van der Waals surface area contributed by atoms with Crippen LogP contribution < -0.4 is 5.32 Å². The summed E-state index contributed by atoms with van der Waals surface area (Å²) in [6.07, 6.45) is 20.9. The SMILES string of the molecule is CCCCCCCCCCCCCCCCCCNC(c1cccc2ccccc12)P12(OC(=O)C(C)(C)O1)OC(=O)C(C)(C)O2. The van der Waals surface area contributed by atoms with Crippen molar-refractivity contribution < 1.29 is 27.7 Å². The summed E-state index contributed by atoms with van der Waals surface area (Å²) < 4.78 is 25.2. The Balaban J connectivity index is 1.32. The van der Waals surface area contributed by atoms with Gasteiger partial charge in [0.25, 0.3) is 0 Å². The number of benzene rings is 2. The van der Waals surface area contributed by atoms with E-state index in [-0.39, 0.29) is 0 Å². The molecule has 0 bridgehead atoms. The molecular weight excluding hydrogens is 585 g/mol. The van der Waals surface area contributed by atoms with E-state index in [2.05, 4.69) is 12.2 Å². The van der Waals surface area contributed by atoms with Gasteiger partial charge in [0.05, 0.1) is 0 Å². The van der Waals surface area contributed by atoms with Crippen molar-refractivity contribution in [3.63, 3.8) is 0 Å². The van der Waals surface area contributed by atoms with Crippen molar-refractivity contribution in [1.29, 1.82) is 0 Å². The standard InChI is InChI=1S/C37H58NO6P/c1-6-7-8-9-10-11-12-13-14-15-16-17-18-19-20-23-29-38-33(32-28-24-26-30-25-21-22-27-31(30)32)45(41-34(39)36(2,3)43-45)42-35(40)37(4,5)44-45/h21-22,24-28,33,38H,6-20,23,29H2,1-5H3. The van der Waals surface area contributed by atoms with Gasteiger partial charge in [-0.3, -0.25) is 0 Å². The molecule has 2 heterocycles. The molecule has 7 nitrogen and oxygen atoms in total. The Labute approximate surface area is 271 Å². The Morgan fingerprint density at radius 3 is 1.53 bits per heavy atom. The normalized spacial score (nSPS) is 21.0. The number of fused-ring (bicyclic) bond motifs is 1. The van der Waals surface area contributed by atoms with Crippen LogP contribution >= 0.6 is 7.51 Å². The van der Waals surface area contributed by atoms with E-state index in [1.54, 1.807) is 27.7 Å². The fourth-order valence-electron chi connectivity index (χ4n) is 6.63. The number of hydrogen-bond acceptors (Lipinski definition) is 7. The molecule has 1 spiro atoms. The fraction of sp³-hybridized carbons (Fsp3) is 0.676. The summed E-state index contributed by atoms with van der Waals surface area (Å²) in [5.74, 6) is -1.99. The summed E-state index contributed by atoms with van der Waals surface area (Å²) in [7, 11) is -4.84. The van der Waals surface area contributed by atoms with E-state index in [1.807, 2.05) is 42.5 Å². The molecule has 2 aliphatic heterocycles. The Morgan fingerprint density at radius 1 is 0.622 bits per heavy atom. The van der Waals surface area contributed by atoms with Crippen LogP contribution in [0.4, 0.5) is 0 Å². The molecule has 2 aromatic carbocycles. The summed E-state index contributed by atoms with van der Waals surface area (Å²) >= 11 is 0. The van der Waals surface area contributed by atoms with Gasteiger partial charge < -0.3 is 0 Å². The van der Waals surface area contributed by atoms with Gasteiger partial charge in [-0.05, 0) is 0 Å². The quantitative estimate of drug-likeness (QED) is 0.114. The molecule has 4 rings (SSSR count). The molecule has 1 unspecified atom stereocenters. The van der Waals surface area contributed by atoms with Crippen molar-refractivity contribution >= 4 is 30.2 Å². The predicted octanol–water partition coefficient (Wildman–Crippen LogP) is 10.6. The van der Waals surface area contributed by atoms with Gasteiger partial charge in [-0.1, -0.05) is 51.9 Å². The van der Waals surface area contributed by atoms with Crippen LogP contribution in [-0.2, 0) is 27.7 Å². The maximum absolute atomic E-state index is 13.2. The maximum atomic E-state index is 13.2. The first kappa shape index (κ1) is 35.8. The molecular formula is C37H58NO6P. The third kappa shape index (κ3) is 8.66. The summed E-state index contributed by atoms with van der Waals surface area (Å²) in [6, 6.07) is 14.0. The average Bonchev–Trinajstić information content (AvgIpc) is 3.33. The third-order valence-corrected chi connectivity index (χ3v) is 13.0. The predicted molar refractivity (Wildman–Crippen MR) is 184 cm³/mol. The van der Waals surface area contributed by atoms with Crippen LogP contribution in [0.15, 0.2) is 42.5 Å². The molecule has 2 aromatic rings. The van der Waals surface area contributed by atoms with Gasteiger partial charge in [0, 0.05) is 0 Å². The Bertz CT molecular complexity index is 1240. The van der Waals surface area contributed by atoms with Crippen molar-refractivity contribution in [2.45, 2.75) is 154 Å². The molecule has 0 amide bonds. The average molecular weight is 644 g/mol. The molecule has 1 N–H and O–H groups in total. The van der Waals surface area contributed by atoms with Crippen LogP contribution in [-0.4, -0.2) is 29.7 Å². The number of carbonyl (C=O) groups excluding carboxylic acids is 2. The van der Waals surface area contributed by atoms with Gasteiger partial charge in [-0.15, -0.1) is 0 Å². The van der Waals surface area contributed by atoms with E-state index < -0.39 is 36.4 Å². The molecule has 0 aliphatic carbocycles. The molecule has 2 fully saturated rings.